The lowest BCUT2D eigenvalue weighted by Crippen LogP contribution is -2.20. The topological polar surface area (TPSA) is 30.5 Å². The second-order valence-corrected chi connectivity index (χ2v) is 4.60. The van der Waals surface area contributed by atoms with E-state index in [2.05, 4.69) is 35.1 Å². The van der Waals surface area contributed by atoms with E-state index in [1.165, 1.54) is 5.56 Å². The van der Waals surface area contributed by atoms with Crippen molar-refractivity contribution in [3.63, 3.8) is 0 Å². The first-order valence-electron chi connectivity index (χ1n) is 5.82. The Balaban J connectivity index is 3.14. The average Bonchev–Trinajstić information content (AvgIpc) is 2.36. The van der Waals surface area contributed by atoms with Gasteiger partial charge in [-0.1, -0.05) is 29.8 Å². The highest BCUT2D eigenvalue weighted by atomic mass is 79.9. The molecule has 1 unspecified atom stereocenters. The fourth-order valence-electron chi connectivity index (χ4n) is 1.86. The van der Waals surface area contributed by atoms with Crippen molar-refractivity contribution in [2.45, 2.75) is 26.3 Å². The molecule has 0 saturated carbocycles. The van der Waals surface area contributed by atoms with Gasteiger partial charge >= 0.3 is 0 Å². The molecule has 0 heterocycles. The van der Waals surface area contributed by atoms with Crippen LogP contribution >= 0.6 is 15.9 Å². The Hall–Kier alpha value is -0.740. The van der Waals surface area contributed by atoms with E-state index in [1.807, 2.05) is 12.1 Å². The highest BCUT2D eigenvalue weighted by Gasteiger charge is 2.15. The highest BCUT2D eigenvalue weighted by molar-refractivity contribution is 9.10. The van der Waals surface area contributed by atoms with E-state index in [4.69, 9.17) is 9.47 Å². The number of rotatable bonds is 6. The van der Waals surface area contributed by atoms with E-state index < -0.39 is 0 Å². The summed E-state index contributed by atoms with van der Waals surface area (Å²) in [6.07, 6.45) is 1.03. The smallest absolute Gasteiger partial charge is 0.161 e. The van der Waals surface area contributed by atoms with Gasteiger partial charge in [0.15, 0.2) is 11.5 Å². The van der Waals surface area contributed by atoms with Crippen LogP contribution in [0.15, 0.2) is 16.6 Å². The van der Waals surface area contributed by atoms with Crippen molar-refractivity contribution in [3.05, 3.63) is 22.2 Å². The summed E-state index contributed by atoms with van der Waals surface area (Å²) >= 11 is 3.59. The second-order valence-electron chi connectivity index (χ2n) is 3.75. The molecule has 3 nitrogen and oxygen atoms in total. The Bertz CT molecular complexity index is 369. The lowest BCUT2D eigenvalue weighted by atomic mass is 10.0. The van der Waals surface area contributed by atoms with E-state index in [0.29, 0.717) is 6.04 Å². The molecule has 0 radical (unpaired) electrons. The van der Waals surface area contributed by atoms with Gasteiger partial charge in [0.05, 0.1) is 14.2 Å². The van der Waals surface area contributed by atoms with E-state index in [0.717, 1.165) is 28.9 Å². The van der Waals surface area contributed by atoms with Crippen LogP contribution < -0.4 is 14.8 Å². The Morgan fingerprint density at radius 2 is 1.76 bits per heavy atom. The van der Waals surface area contributed by atoms with Crippen molar-refractivity contribution in [2.24, 2.45) is 0 Å². The summed E-state index contributed by atoms with van der Waals surface area (Å²) in [6, 6.07) is 4.31. The lowest BCUT2D eigenvalue weighted by Gasteiger charge is -2.20. The minimum absolute atomic E-state index is 0.328. The molecule has 0 fully saturated rings. The van der Waals surface area contributed by atoms with Crippen molar-refractivity contribution in [1.29, 1.82) is 0 Å². The monoisotopic (exact) mass is 301 g/mol. The Morgan fingerprint density at radius 1 is 1.18 bits per heavy atom. The van der Waals surface area contributed by atoms with E-state index in [1.54, 1.807) is 14.2 Å². The van der Waals surface area contributed by atoms with Crippen LogP contribution in [-0.4, -0.2) is 20.8 Å². The molecule has 0 saturated heterocycles. The van der Waals surface area contributed by atoms with Crippen LogP contribution in [0.4, 0.5) is 0 Å². The number of nitrogens with one attached hydrogen (secondary N) is 1. The molecule has 1 rings (SSSR count). The van der Waals surface area contributed by atoms with Gasteiger partial charge in [0, 0.05) is 10.5 Å². The number of hydrogen-bond acceptors (Lipinski definition) is 3. The normalized spacial score (nSPS) is 12.3. The maximum absolute atomic E-state index is 5.33. The van der Waals surface area contributed by atoms with Crippen molar-refractivity contribution >= 4 is 15.9 Å². The van der Waals surface area contributed by atoms with Crippen LogP contribution in [0.2, 0.25) is 0 Å². The maximum Gasteiger partial charge on any atom is 0.161 e. The van der Waals surface area contributed by atoms with Crippen LogP contribution in [0.3, 0.4) is 0 Å². The summed E-state index contributed by atoms with van der Waals surface area (Å²) in [6.45, 7) is 5.22. The first-order valence-corrected chi connectivity index (χ1v) is 6.61. The van der Waals surface area contributed by atoms with Crippen molar-refractivity contribution in [2.75, 3.05) is 20.8 Å². The number of hydrogen-bond donors (Lipinski definition) is 1. The summed E-state index contributed by atoms with van der Waals surface area (Å²) in [7, 11) is 3.30. The van der Waals surface area contributed by atoms with Crippen molar-refractivity contribution in [3.8, 4) is 11.5 Å². The van der Waals surface area contributed by atoms with Gasteiger partial charge in [0.2, 0.25) is 0 Å². The van der Waals surface area contributed by atoms with Gasteiger partial charge in [0.1, 0.15) is 0 Å². The number of halogens is 1. The van der Waals surface area contributed by atoms with Gasteiger partial charge < -0.3 is 14.8 Å². The van der Waals surface area contributed by atoms with Crippen LogP contribution in [-0.2, 0) is 0 Å². The molecular weight excluding hydrogens is 282 g/mol. The molecule has 1 N–H and O–H groups in total. The maximum atomic E-state index is 5.33. The molecule has 1 aromatic carbocycles. The van der Waals surface area contributed by atoms with Crippen LogP contribution in [0.5, 0.6) is 11.5 Å². The van der Waals surface area contributed by atoms with Crippen molar-refractivity contribution < 1.29 is 9.47 Å². The predicted molar refractivity (Wildman–Crippen MR) is 74.0 cm³/mol. The fourth-order valence-corrected chi connectivity index (χ4v) is 2.46. The zero-order valence-corrected chi connectivity index (χ0v) is 12.4. The van der Waals surface area contributed by atoms with Gasteiger partial charge in [-0.05, 0) is 30.7 Å². The zero-order chi connectivity index (χ0) is 12.8. The SMILES string of the molecule is CCNC(CC)c1cc(OC)c(OC)cc1Br. The molecule has 0 aliphatic rings. The third kappa shape index (κ3) is 3.36. The molecule has 0 bridgehead atoms. The minimum Gasteiger partial charge on any atom is -0.493 e. The van der Waals surface area contributed by atoms with Gasteiger partial charge in [-0.25, -0.2) is 0 Å². The Kier molecular flexibility index (Phi) is 5.78. The molecule has 4 heteroatoms. The fraction of sp³-hybridized carbons (Fsp3) is 0.538. The molecule has 1 atom stereocenters. The van der Waals surface area contributed by atoms with Gasteiger partial charge in [-0.3, -0.25) is 0 Å². The largest absolute Gasteiger partial charge is 0.493 e. The standard InChI is InChI=1S/C13H20BrNO2/c1-5-11(15-6-2)9-7-12(16-3)13(17-4)8-10(9)14/h7-8,11,15H,5-6H2,1-4H3. The Morgan fingerprint density at radius 3 is 2.24 bits per heavy atom. The summed E-state index contributed by atoms with van der Waals surface area (Å²) in [5.74, 6) is 1.51. The quantitative estimate of drug-likeness (QED) is 0.872. The second kappa shape index (κ2) is 6.87. The summed E-state index contributed by atoms with van der Waals surface area (Å²) in [5.41, 5.74) is 1.20. The molecule has 96 valence electrons. The van der Waals surface area contributed by atoms with Gasteiger partial charge in [0.25, 0.3) is 0 Å². The third-order valence-corrected chi connectivity index (χ3v) is 3.42. The summed E-state index contributed by atoms with van der Waals surface area (Å²) in [4.78, 5) is 0. The molecule has 0 amide bonds. The molecular formula is C13H20BrNO2. The number of benzene rings is 1. The highest BCUT2D eigenvalue weighted by Crippen LogP contribution is 2.36. The summed E-state index contributed by atoms with van der Waals surface area (Å²) < 4.78 is 11.6. The van der Waals surface area contributed by atoms with E-state index >= 15 is 0 Å². The third-order valence-electron chi connectivity index (χ3n) is 2.74. The molecule has 0 spiro atoms. The van der Waals surface area contributed by atoms with Crippen LogP contribution in [0, 0.1) is 0 Å². The molecule has 0 aliphatic carbocycles. The minimum atomic E-state index is 0.328. The first kappa shape index (κ1) is 14.3. The zero-order valence-electron chi connectivity index (χ0n) is 10.8. The summed E-state index contributed by atoms with van der Waals surface area (Å²) in [5, 5.41) is 3.45. The average molecular weight is 302 g/mol. The molecule has 0 aliphatic heterocycles. The van der Waals surface area contributed by atoms with Gasteiger partial charge in [-0.2, -0.15) is 0 Å². The molecule has 17 heavy (non-hydrogen) atoms. The lowest BCUT2D eigenvalue weighted by molar-refractivity contribution is 0.353. The molecule has 1 aromatic rings. The Labute approximate surface area is 112 Å². The molecule has 0 aromatic heterocycles. The number of ether oxygens (including phenoxy) is 2. The van der Waals surface area contributed by atoms with E-state index in [9.17, 15) is 0 Å². The predicted octanol–water partition coefficient (Wildman–Crippen LogP) is 3.53. The van der Waals surface area contributed by atoms with Crippen molar-refractivity contribution in [1.82, 2.24) is 5.32 Å². The van der Waals surface area contributed by atoms with E-state index in [-0.39, 0.29) is 0 Å². The first-order chi connectivity index (χ1) is 8.17. The van der Waals surface area contributed by atoms with Crippen LogP contribution in [0.25, 0.3) is 0 Å². The van der Waals surface area contributed by atoms with Gasteiger partial charge in [-0.15, -0.1) is 0 Å². The van der Waals surface area contributed by atoms with Crippen LogP contribution in [0.1, 0.15) is 31.9 Å². The number of methoxy groups -OCH3 is 2.